The third-order valence-corrected chi connectivity index (χ3v) is 3.80. The fourth-order valence-corrected chi connectivity index (χ4v) is 3.06. The molecule has 2 atom stereocenters. The van der Waals surface area contributed by atoms with Crippen LogP contribution < -0.4 is 0 Å². The van der Waals surface area contributed by atoms with Gasteiger partial charge in [0.25, 0.3) is 0 Å². The number of aromatic nitrogens is 2. The Morgan fingerprint density at radius 3 is 3.08 bits per heavy atom. The van der Waals surface area contributed by atoms with E-state index in [0.29, 0.717) is 5.92 Å². The molecule has 0 aliphatic carbocycles. The molecule has 0 radical (unpaired) electrons. The highest BCUT2D eigenvalue weighted by Crippen LogP contribution is 2.26. The zero-order valence-electron chi connectivity index (χ0n) is 6.51. The first-order valence-corrected chi connectivity index (χ1v) is 5.77. The maximum atomic E-state index is 9.52. The van der Waals surface area contributed by atoms with Crippen LogP contribution in [0.2, 0.25) is 0 Å². The first kappa shape index (κ1) is 8.47. The smallest absolute Gasteiger partial charge is 0.0747 e. The van der Waals surface area contributed by atoms with Gasteiger partial charge in [-0.2, -0.15) is 20.5 Å². The zero-order valence-corrected chi connectivity index (χ0v) is 8.14. The second-order valence-corrected chi connectivity index (χ2v) is 4.60. The van der Waals surface area contributed by atoms with Crippen LogP contribution in [0.15, 0.2) is 6.20 Å². The third kappa shape index (κ3) is 1.78. The monoisotopic (exact) mass is 202 g/mol. The molecule has 2 rings (SSSR count). The first-order chi connectivity index (χ1) is 5.86. The van der Waals surface area contributed by atoms with Crippen LogP contribution in [0.25, 0.3) is 0 Å². The van der Waals surface area contributed by atoms with Crippen LogP contribution in [0.1, 0.15) is 5.69 Å². The number of aliphatic hydroxyl groups excluding tert-OH is 1. The lowest BCUT2D eigenvalue weighted by molar-refractivity contribution is 0.149. The highest BCUT2D eigenvalue weighted by molar-refractivity contribution is 7.99. The molecule has 0 amide bonds. The zero-order chi connectivity index (χ0) is 8.39. The molecule has 3 nitrogen and oxygen atoms in total. The van der Waals surface area contributed by atoms with Crippen molar-refractivity contribution in [3.05, 3.63) is 11.9 Å². The Balaban J connectivity index is 1.95. The maximum absolute atomic E-state index is 9.52. The van der Waals surface area contributed by atoms with Crippen molar-refractivity contribution in [3.8, 4) is 0 Å². The van der Waals surface area contributed by atoms with Crippen molar-refractivity contribution in [2.24, 2.45) is 5.92 Å². The number of hydrogen-bond donors (Lipinski definition) is 1. The van der Waals surface area contributed by atoms with E-state index in [1.165, 1.54) is 11.7 Å². The van der Waals surface area contributed by atoms with Gasteiger partial charge in [0.05, 0.1) is 29.7 Å². The summed E-state index contributed by atoms with van der Waals surface area (Å²) >= 11 is 3.05. The molecule has 1 fully saturated rings. The van der Waals surface area contributed by atoms with Crippen molar-refractivity contribution in [3.63, 3.8) is 0 Å². The van der Waals surface area contributed by atoms with Crippen molar-refractivity contribution in [1.82, 2.24) is 8.75 Å². The van der Waals surface area contributed by atoms with Gasteiger partial charge in [-0.05, 0) is 12.2 Å². The van der Waals surface area contributed by atoms with Gasteiger partial charge in [0.15, 0.2) is 0 Å². The summed E-state index contributed by atoms with van der Waals surface area (Å²) in [6.45, 7) is 0. The summed E-state index contributed by atoms with van der Waals surface area (Å²) in [5, 5.41) is 9.52. The minimum absolute atomic E-state index is 0.142. The molecule has 1 N–H and O–H groups in total. The van der Waals surface area contributed by atoms with E-state index >= 15 is 0 Å². The molecule has 1 aromatic heterocycles. The Morgan fingerprint density at radius 2 is 2.50 bits per heavy atom. The number of thioether (sulfide) groups is 1. The molecule has 1 aliphatic rings. The summed E-state index contributed by atoms with van der Waals surface area (Å²) in [5.74, 6) is 2.32. The molecule has 1 saturated heterocycles. The molecule has 12 heavy (non-hydrogen) atoms. The number of hydrogen-bond acceptors (Lipinski definition) is 5. The van der Waals surface area contributed by atoms with Gasteiger partial charge in [0.1, 0.15) is 0 Å². The normalized spacial score (nSPS) is 29.4. The highest BCUT2D eigenvalue weighted by Gasteiger charge is 2.26. The van der Waals surface area contributed by atoms with E-state index in [4.69, 9.17) is 0 Å². The predicted molar refractivity (Wildman–Crippen MR) is 50.4 cm³/mol. The quantitative estimate of drug-likeness (QED) is 0.770. The third-order valence-electron chi connectivity index (χ3n) is 2.04. The minimum Gasteiger partial charge on any atom is -0.392 e. The van der Waals surface area contributed by atoms with E-state index < -0.39 is 0 Å². The topological polar surface area (TPSA) is 46.0 Å². The maximum Gasteiger partial charge on any atom is 0.0747 e. The molecule has 1 aliphatic heterocycles. The summed E-state index contributed by atoms with van der Waals surface area (Å²) in [6.07, 6.45) is 2.53. The summed E-state index contributed by atoms with van der Waals surface area (Å²) in [7, 11) is 0. The Bertz CT molecular complexity index is 240. The van der Waals surface area contributed by atoms with Crippen LogP contribution in [-0.2, 0) is 6.42 Å². The van der Waals surface area contributed by atoms with Gasteiger partial charge in [-0.1, -0.05) is 0 Å². The minimum atomic E-state index is -0.142. The Labute approximate surface area is 79.5 Å². The fourth-order valence-electron chi connectivity index (χ4n) is 1.32. The van der Waals surface area contributed by atoms with Crippen molar-refractivity contribution in [2.45, 2.75) is 12.5 Å². The molecule has 1 aromatic rings. The molecular weight excluding hydrogens is 192 g/mol. The average molecular weight is 202 g/mol. The second kappa shape index (κ2) is 3.72. The molecule has 66 valence electrons. The van der Waals surface area contributed by atoms with Crippen LogP contribution in [0.3, 0.4) is 0 Å². The Kier molecular flexibility index (Phi) is 2.63. The van der Waals surface area contributed by atoms with Gasteiger partial charge in [-0.25, -0.2) is 0 Å². The van der Waals surface area contributed by atoms with E-state index in [2.05, 4.69) is 8.75 Å². The summed E-state index contributed by atoms with van der Waals surface area (Å²) in [6, 6.07) is 0. The molecule has 2 heterocycles. The molecule has 0 aromatic carbocycles. The molecule has 0 bridgehead atoms. The summed E-state index contributed by atoms with van der Waals surface area (Å²) in [4.78, 5) is 0. The summed E-state index contributed by atoms with van der Waals surface area (Å²) < 4.78 is 8.06. The van der Waals surface area contributed by atoms with Crippen LogP contribution >= 0.6 is 23.5 Å². The molecule has 0 spiro atoms. The molecule has 0 saturated carbocycles. The van der Waals surface area contributed by atoms with E-state index in [-0.39, 0.29) is 6.10 Å². The lowest BCUT2D eigenvalue weighted by atomic mass is 10.0. The highest BCUT2D eigenvalue weighted by atomic mass is 32.2. The Hall–Kier alpha value is -0.130. The van der Waals surface area contributed by atoms with E-state index in [9.17, 15) is 5.11 Å². The molecular formula is C7H10N2OS2. The van der Waals surface area contributed by atoms with Gasteiger partial charge in [-0.3, -0.25) is 0 Å². The van der Waals surface area contributed by atoms with E-state index in [1.54, 1.807) is 6.20 Å². The Morgan fingerprint density at radius 1 is 1.58 bits per heavy atom. The van der Waals surface area contributed by atoms with Crippen molar-refractivity contribution in [2.75, 3.05) is 11.5 Å². The van der Waals surface area contributed by atoms with Crippen molar-refractivity contribution in [1.29, 1.82) is 0 Å². The number of nitrogens with zero attached hydrogens (tertiary/aromatic N) is 2. The van der Waals surface area contributed by atoms with E-state index in [1.807, 2.05) is 11.8 Å². The largest absolute Gasteiger partial charge is 0.392 e. The van der Waals surface area contributed by atoms with Crippen LogP contribution in [-0.4, -0.2) is 31.5 Å². The van der Waals surface area contributed by atoms with Crippen LogP contribution in [0.5, 0.6) is 0 Å². The lowest BCUT2D eigenvalue weighted by Gasteiger charge is -2.10. The van der Waals surface area contributed by atoms with E-state index in [0.717, 1.165) is 23.6 Å². The van der Waals surface area contributed by atoms with Gasteiger partial charge >= 0.3 is 0 Å². The number of aliphatic hydroxyl groups is 1. The molecule has 5 heteroatoms. The predicted octanol–water partition coefficient (Wildman–Crippen LogP) is 0.804. The number of rotatable bonds is 2. The van der Waals surface area contributed by atoms with Crippen LogP contribution in [0.4, 0.5) is 0 Å². The summed E-state index contributed by atoms with van der Waals surface area (Å²) in [5.41, 5.74) is 1.02. The average Bonchev–Trinajstić information content (AvgIpc) is 2.65. The SMILES string of the molecule is OC1CSCC1Cc1cnsn1. The van der Waals surface area contributed by atoms with Crippen molar-refractivity contribution < 1.29 is 5.11 Å². The molecule has 2 unspecified atom stereocenters. The second-order valence-electron chi connectivity index (χ2n) is 2.97. The lowest BCUT2D eigenvalue weighted by Crippen LogP contribution is -2.19. The van der Waals surface area contributed by atoms with Gasteiger partial charge < -0.3 is 5.11 Å². The fraction of sp³-hybridized carbons (Fsp3) is 0.714. The van der Waals surface area contributed by atoms with Gasteiger partial charge in [-0.15, -0.1) is 0 Å². The first-order valence-electron chi connectivity index (χ1n) is 3.88. The van der Waals surface area contributed by atoms with Gasteiger partial charge in [0, 0.05) is 11.7 Å². The van der Waals surface area contributed by atoms with Crippen molar-refractivity contribution >= 4 is 23.5 Å². The van der Waals surface area contributed by atoms with Gasteiger partial charge in [0.2, 0.25) is 0 Å². The standard InChI is InChI=1S/C7H10N2OS2/c10-7-4-11-3-5(7)1-6-2-8-12-9-6/h2,5,7,10H,1,3-4H2. The van der Waals surface area contributed by atoms with Crippen LogP contribution in [0, 0.1) is 5.92 Å².